The van der Waals surface area contributed by atoms with Crippen LogP contribution in [0.1, 0.15) is 75.3 Å². The Bertz CT molecular complexity index is 1170. The number of alkyl halides is 3. The maximum absolute atomic E-state index is 15.1. The fourth-order valence-corrected chi connectivity index (χ4v) is 4.64. The molecule has 0 atom stereocenters. The van der Waals surface area contributed by atoms with Crippen molar-refractivity contribution in [3.05, 3.63) is 46.3 Å². The molecular formula is C25H32ClF4N3O4S. The molecule has 212 valence electrons. The molecule has 1 saturated carbocycles. The van der Waals surface area contributed by atoms with Gasteiger partial charge in [-0.15, -0.1) is 0 Å². The molecule has 13 heteroatoms. The van der Waals surface area contributed by atoms with Crippen LogP contribution in [0.15, 0.2) is 18.2 Å². The molecule has 0 saturated heterocycles. The van der Waals surface area contributed by atoms with Crippen LogP contribution in [0.25, 0.3) is 5.69 Å². The third-order valence-electron chi connectivity index (χ3n) is 6.87. The minimum absolute atomic E-state index is 0.00754. The van der Waals surface area contributed by atoms with Gasteiger partial charge in [-0.05, 0) is 55.7 Å². The maximum atomic E-state index is 15.1. The molecule has 1 heterocycles. The Hall–Kier alpha value is -2.31. The molecule has 1 aromatic heterocycles. The molecule has 0 bridgehead atoms. The number of halogens is 5. The summed E-state index contributed by atoms with van der Waals surface area (Å²) in [6.07, 6.45) is -1.58. The fraction of sp³-hybridized carbons (Fsp3) is 0.600. The highest BCUT2D eigenvalue weighted by molar-refractivity contribution is 7.51. The molecule has 1 aliphatic carbocycles. The number of nitrogens with one attached hydrogen (secondary N) is 1. The van der Waals surface area contributed by atoms with E-state index in [1.54, 1.807) is 6.92 Å². The summed E-state index contributed by atoms with van der Waals surface area (Å²) in [6.45, 7) is 6.08. The number of aromatic nitrogens is 2. The van der Waals surface area contributed by atoms with Gasteiger partial charge in [-0.25, -0.2) is 9.37 Å². The van der Waals surface area contributed by atoms with Crippen molar-refractivity contribution >= 4 is 29.1 Å². The summed E-state index contributed by atoms with van der Waals surface area (Å²) in [6, 6.07) is 3.82. The molecule has 1 amide bonds. The third kappa shape index (κ3) is 7.63. The van der Waals surface area contributed by atoms with Crippen LogP contribution in [0.3, 0.4) is 0 Å². The minimum atomic E-state index is -4.43. The summed E-state index contributed by atoms with van der Waals surface area (Å²) < 4.78 is 72.7. The molecule has 0 unspecified atom stereocenters. The number of hydrogen-bond acceptors (Lipinski definition) is 5. The smallest absolute Gasteiger partial charge is 0.388 e. The number of imidazole rings is 1. The van der Waals surface area contributed by atoms with Gasteiger partial charge >= 0.3 is 17.7 Å². The number of carbonyl (C=O) groups is 1. The predicted molar refractivity (Wildman–Crippen MR) is 135 cm³/mol. The van der Waals surface area contributed by atoms with Crippen LogP contribution < -0.4 is 5.32 Å². The van der Waals surface area contributed by atoms with Crippen molar-refractivity contribution in [2.45, 2.75) is 78.0 Å². The zero-order chi connectivity index (χ0) is 28.9. The van der Waals surface area contributed by atoms with E-state index in [4.69, 9.17) is 20.0 Å². The molecule has 0 spiro atoms. The van der Waals surface area contributed by atoms with Gasteiger partial charge in [0.2, 0.25) is 0 Å². The highest BCUT2D eigenvalue weighted by Crippen LogP contribution is 2.40. The van der Waals surface area contributed by atoms with Crippen LogP contribution in [0.4, 0.5) is 17.6 Å². The largest absolute Gasteiger partial charge is 0.394 e. The van der Waals surface area contributed by atoms with E-state index in [0.717, 1.165) is 32.8 Å². The van der Waals surface area contributed by atoms with E-state index in [9.17, 15) is 23.1 Å². The fourth-order valence-electron chi connectivity index (χ4n) is 4.33. The Morgan fingerprint density at radius 3 is 2.34 bits per heavy atom. The number of benzene rings is 1. The standard InChI is InChI=1S/C25H32ClF4N3O2.O2S/c1-5-19-32-20(22(34)31-14-24(35)10-8-15(2)9-11-24)21(26)33(19)18-7-6-16(12-17(18)27)13-23(3,4)25(28,29)30;1-3-2/h6-7,12,15,35H,5,8-11,13-14H2,1-4H3,(H,31,34);. The normalized spacial score (nSPS) is 19.9. The number of rotatable bonds is 7. The first-order valence-electron chi connectivity index (χ1n) is 12.1. The summed E-state index contributed by atoms with van der Waals surface area (Å²) in [5.74, 6) is -0.497. The molecule has 1 aromatic carbocycles. The minimum Gasteiger partial charge on any atom is -0.388 e. The Balaban J connectivity index is 0.00000161. The summed E-state index contributed by atoms with van der Waals surface area (Å²) in [7, 11) is 0. The van der Waals surface area contributed by atoms with Crippen molar-refractivity contribution in [2.75, 3.05) is 6.54 Å². The topological polar surface area (TPSA) is 101 Å². The number of hydrogen-bond donors (Lipinski definition) is 2. The van der Waals surface area contributed by atoms with E-state index in [2.05, 4.69) is 17.2 Å². The van der Waals surface area contributed by atoms with Crippen molar-refractivity contribution in [1.82, 2.24) is 14.9 Å². The zero-order valence-corrected chi connectivity index (χ0v) is 23.2. The maximum Gasteiger partial charge on any atom is 0.394 e. The zero-order valence-electron chi connectivity index (χ0n) is 21.6. The number of nitrogens with zero attached hydrogens (tertiary/aromatic N) is 2. The van der Waals surface area contributed by atoms with Crippen LogP contribution in [-0.2, 0) is 24.4 Å². The highest BCUT2D eigenvalue weighted by Gasteiger charge is 2.47. The molecule has 7 nitrogen and oxygen atoms in total. The van der Waals surface area contributed by atoms with Gasteiger partial charge in [0.1, 0.15) is 16.8 Å². The lowest BCUT2D eigenvalue weighted by Gasteiger charge is -2.34. The molecule has 0 aliphatic heterocycles. The van der Waals surface area contributed by atoms with Crippen LogP contribution in [0, 0.1) is 17.2 Å². The molecule has 0 radical (unpaired) electrons. The third-order valence-corrected chi connectivity index (χ3v) is 7.22. The summed E-state index contributed by atoms with van der Waals surface area (Å²) in [5, 5.41) is 13.3. The van der Waals surface area contributed by atoms with Crippen molar-refractivity contribution in [3.63, 3.8) is 0 Å². The molecule has 2 N–H and O–H groups in total. The molecule has 2 aromatic rings. The predicted octanol–water partition coefficient (Wildman–Crippen LogP) is 5.36. The first kappa shape index (κ1) is 31.9. The van der Waals surface area contributed by atoms with Crippen molar-refractivity contribution < 1.29 is 35.9 Å². The van der Waals surface area contributed by atoms with Gasteiger partial charge in [0.25, 0.3) is 5.91 Å². The van der Waals surface area contributed by atoms with E-state index < -0.39 is 40.5 Å². The van der Waals surface area contributed by atoms with Crippen LogP contribution in [0.2, 0.25) is 5.15 Å². The first-order chi connectivity index (χ1) is 17.6. The quantitative estimate of drug-likeness (QED) is 0.429. The Labute approximate surface area is 227 Å². The summed E-state index contributed by atoms with van der Waals surface area (Å²) in [5.41, 5.74) is -2.93. The second kappa shape index (κ2) is 12.7. The SMILES string of the molecule is CCc1nc(C(=O)NCC2(O)CCC(C)CC2)c(Cl)n1-c1ccc(CC(C)(C)C(F)(F)F)cc1F.O=S=O. The van der Waals surface area contributed by atoms with E-state index in [-0.39, 0.29) is 35.1 Å². The van der Waals surface area contributed by atoms with Crippen molar-refractivity contribution in [1.29, 1.82) is 0 Å². The number of carbonyl (C=O) groups excluding carboxylic acids is 1. The number of aliphatic hydroxyl groups is 1. The molecule has 1 fully saturated rings. The molecule has 38 heavy (non-hydrogen) atoms. The Morgan fingerprint density at radius 1 is 1.26 bits per heavy atom. The van der Waals surface area contributed by atoms with Gasteiger partial charge in [0.15, 0.2) is 5.69 Å². The lowest BCUT2D eigenvalue weighted by atomic mass is 9.79. The lowest BCUT2D eigenvalue weighted by molar-refractivity contribution is -0.211. The highest BCUT2D eigenvalue weighted by atomic mass is 35.5. The van der Waals surface area contributed by atoms with E-state index in [1.165, 1.54) is 16.7 Å². The average Bonchev–Trinajstić information content (AvgIpc) is 3.15. The second-order valence-corrected chi connectivity index (χ2v) is 10.9. The van der Waals surface area contributed by atoms with E-state index in [0.29, 0.717) is 31.0 Å². The molecule has 1 aliphatic rings. The average molecular weight is 582 g/mol. The summed E-state index contributed by atoms with van der Waals surface area (Å²) >= 11 is 5.70. The van der Waals surface area contributed by atoms with Crippen LogP contribution >= 0.6 is 11.6 Å². The van der Waals surface area contributed by atoms with Gasteiger partial charge < -0.3 is 10.4 Å². The number of aryl methyl sites for hydroxylation is 1. The van der Waals surface area contributed by atoms with E-state index in [1.807, 2.05) is 0 Å². The lowest BCUT2D eigenvalue weighted by Crippen LogP contribution is -2.45. The van der Waals surface area contributed by atoms with Crippen LogP contribution in [-0.4, -0.2) is 47.3 Å². The van der Waals surface area contributed by atoms with Crippen molar-refractivity contribution in [2.24, 2.45) is 11.3 Å². The van der Waals surface area contributed by atoms with Gasteiger partial charge in [-0.1, -0.05) is 45.4 Å². The van der Waals surface area contributed by atoms with Gasteiger partial charge in [-0.3, -0.25) is 9.36 Å². The summed E-state index contributed by atoms with van der Waals surface area (Å²) in [4.78, 5) is 17.1. The first-order valence-corrected chi connectivity index (χ1v) is 13.2. The number of amides is 1. The van der Waals surface area contributed by atoms with Crippen molar-refractivity contribution in [3.8, 4) is 5.69 Å². The van der Waals surface area contributed by atoms with Gasteiger partial charge in [0.05, 0.1) is 16.7 Å². The monoisotopic (exact) mass is 581 g/mol. The molecule has 3 rings (SSSR count). The van der Waals surface area contributed by atoms with Gasteiger partial charge in [0, 0.05) is 13.0 Å². The second-order valence-electron chi connectivity index (χ2n) is 10.4. The Kier molecular flexibility index (Phi) is 10.7. The molecular weight excluding hydrogens is 550 g/mol. The van der Waals surface area contributed by atoms with Crippen LogP contribution in [0.5, 0.6) is 0 Å². The van der Waals surface area contributed by atoms with E-state index >= 15 is 4.39 Å². The van der Waals surface area contributed by atoms with Gasteiger partial charge in [-0.2, -0.15) is 21.6 Å². The Morgan fingerprint density at radius 2 is 1.84 bits per heavy atom.